The molecule has 0 radical (unpaired) electrons. The van der Waals surface area contributed by atoms with Crippen molar-refractivity contribution in [1.29, 1.82) is 0 Å². The second-order valence-corrected chi connectivity index (χ2v) is 10.3. The summed E-state index contributed by atoms with van der Waals surface area (Å²) in [5, 5.41) is 0.996. The van der Waals surface area contributed by atoms with Crippen molar-refractivity contribution in [3.63, 3.8) is 0 Å². The maximum absolute atomic E-state index is 12.8. The van der Waals surface area contributed by atoms with Gasteiger partial charge in [0.2, 0.25) is 0 Å². The van der Waals surface area contributed by atoms with Crippen molar-refractivity contribution in [2.45, 2.75) is 71.6 Å². The smallest absolute Gasteiger partial charge is 0.410 e. The molecule has 0 N–H and O–H groups in total. The van der Waals surface area contributed by atoms with Crippen LogP contribution in [0.2, 0.25) is 5.02 Å². The Hall–Kier alpha value is -1.60. The minimum Gasteiger partial charge on any atom is -0.444 e. The summed E-state index contributed by atoms with van der Waals surface area (Å²) in [5.41, 5.74) is 0.00229. The molecule has 0 saturated carbocycles. The van der Waals surface area contributed by atoms with Gasteiger partial charge in [-0.2, -0.15) is 0 Å². The average Bonchev–Trinajstić information content (AvgIpc) is 2.65. The topological polar surface area (TPSA) is 64.4 Å². The number of fused-ring (bicyclic) bond motifs is 1. The van der Waals surface area contributed by atoms with Crippen LogP contribution >= 0.6 is 27.5 Å². The van der Waals surface area contributed by atoms with Gasteiger partial charge in [0.15, 0.2) is 0 Å². The van der Waals surface area contributed by atoms with E-state index in [4.69, 9.17) is 16.3 Å². The zero-order chi connectivity index (χ0) is 22.1. The molecule has 0 spiro atoms. The van der Waals surface area contributed by atoms with Gasteiger partial charge in [-0.3, -0.25) is 9.36 Å². The lowest BCUT2D eigenvalue weighted by Crippen LogP contribution is -2.49. The van der Waals surface area contributed by atoms with E-state index in [1.807, 2.05) is 25.7 Å². The first-order chi connectivity index (χ1) is 14.1. The third-order valence-corrected chi connectivity index (χ3v) is 6.71. The molecule has 1 aliphatic rings. The van der Waals surface area contributed by atoms with E-state index < -0.39 is 5.60 Å². The SMILES string of the molecule is C[C@H]1CCCN(C(=O)OC(C)(C)C)[C@@H]1CCCn1cnc2cc(Br)c(Cl)cc2c1=O. The summed E-state index contributed by atoms with van der Waals surface area (Å²) in [7, 11) is 0. The predicted octanol–water partition coefficient (Wildman–Crippen LogP) is 5.63. The average molecular weight is 499 g/mol. The number of aromatic nitrogens is 2. The fourth-order valence-electron chi connectivity index (χ4n) is 4.02. The molecule has 3 rings (SSSR count). The summed E-state index contributed by atoms with van der Waals surface area (Å²) in [6.45, 7) is 9.10. The van der Waals surface area contributed by atoms with Gasteiger partial charge >= 0.3 is 6.09 Å². The minimum atomic E-state index is -0.511. The molecule has 1 aliphatic heterocycles. The predicted molar refractivity (Wildman–Crippen MR) is 123 cm³/mol. The zero-order valence-corrected chi connectivity index (χ0v) is 20.3. The van der Waals surface area contributed by atoms with Gasteiger partial charge in [0.25, 0.3) is 5.56 Å². The summed E-state index contributed by atoms with van der Waals surface area (Å²) >= 11 is 9.52. The van der Waals surface area contributed by atoms with Crippen molar-refractivity contribution >= 4 is 44.5 Å². The number of likely N-dealkylation sites (tertiary alicyclic amines) is 1. The largest absolute Gasteiger partial charge is 0.444 e. The van der Waals surface area contributed by atoms with Crippen molar-refractivity contribution in [2.24, 2.45) is 5.92 Å². The van der Waals surface area contributed by atoms with Gasteiger partial charge in [-0.05, 0) is 80.4 Å². The van der Waals surface area contributed by atoms with Gasteiger partial charge < -0.3 is 9.64 Å². The number of amides is 1. The molecule has 164 valence electrons. The summed E-state index contributed by atoms with van der Waals surface area (Å²) in [4.78, 5) is 31.8. The number of aryl methyl sites for hydroxylation is 1. The van der Waals surface area contributed by atoms with Gasteiger partial charge in [-0.15, -0.1) is 0 Å². The van der Waals surface area contributed by atoms with Crippen LogP contribution in [0, 0.1) is 5.92 Å². The summed E-state index contributed by atoms with van der Waals surface area (Å²) in [5.74, 6) is 0.397. The first-order valence-electron chi connectivity index (χ1n) is 10.4. The molecular formula is C22H29BrClN3O3. The Balaban J connectivity index is 1.70. The molecule has 1 aromatic heterocycles. The molecular weight excluding hydrogens is 470 g/mol. The fourth-order valence-corrected chi connectivity index (χ4v) is 4.52. The Morgan fingerprint density at radius 1 is 1.37 bits per heavy atom. The Morgan fingerprint density at radius 2 is 2.10 bits per heavy atom. The van der Waals surface area contributed by atoms with Crippen LogP contribution in [0.1, 0.15) is 53.4 Å². The van der Waals surface area contributed by atoms with E-state index in [1.54, 1.807) is 23.0 Å². The number of hydrogen-bond donors (Lipinski definition) is 0. The standard InChI is InChI=1S/C22H29BrClN3O3/c1-14-7-5-10-27(21(29)30-22(2,3)4)19(14)8-6-9-26-13-25-18-12-16(23)17(24)11-15(18)20(26)28/h11-14,19H,5-10H2,1-4H3/t14-,19+/m0/s1. The van der Waals surface area contributed by atoms with Gasteiger partial charge in [0.1, 0.15) is 5.60 Å². The zero-order valence-electron chi connectivity index (χ0n) is 18.0. The van der Waals surface area contributed by atoms with E-state index in [9.17, 15) is 9.59 Å². The highest BCUT2D eigenvalue weighted by molar-refractivity contribution is 9.10. The molecule has 0 bridgehead atoms. The third-order valence-electron chi connectivity index (χ3n) is 5.51. The highest BCUT2D eigenvalue weighted by Crippen LogP contribution is 2.29. The molecule has 2 aromatic rings. The monoisotopic (exact) mass is 497 g/mol. The van der Waals surface area contributed by atoms with Gasteiger partial charge in [-0.25, -0.2) is 9.78 Å². The maximum atomic E-state index is 12.8. The molecule has 1 saturated heterocycles. The van der Waals surface area contributed by atoms with Crippen LogP contribution in [0.5, 0.6) is 0 Å². The normalized spacial score (nSPS) is 19.9. The van der Waals surface area contributed by atoms with Crippen molar-refractivity contribution in [2.75, 3.05) is 6.54 Å². The van der Waals surface area contributed by atoms with Crippen molar-refractivity contribution in [3.8, 4) is 0 Å². The first-order valence-corrected chi connectivity index (χ1v) is 11.6. The minimum absolute atomic E-state index is 0.102. The van der Waals surface area contributed by atoms with E-state index in [-0.39, 0.29) is 17.7 Å². The molecule has 0 unspecified atom stereocenters. The van der Waals surface area contributed by atoms with Crippen LogP contribution in [0.15, 0.2) is 27.7 Å². The molecule has 8 heteroatoms. The van der Waals surface area contributed by atoms with Crippen molar-refractivity contribution < 1.29 is 9.53 Å². The number of ether oxygens (including phenoxy) is 1. The number of nitrogens with zero attached hydrogens (tertiary/aromatic N) is 3. The second-order valence-electron chi connectivity index (χ2n) is 9.03. The van der Waals surface area contributed by atoms with E-state index in [2.05, 4.69) is 27.8 Å². The van der Waals surface area contributed by atoms with Crippen LogP contribution in [-0.2, 0) is 11.3 Å². The lowest BCUT2D eigenvalue weighted by atomic mass is 9.88. The molecule has 0 aliphatic carbocycles. The Labute approximate surface area is 190 Å². The van der Waals surface area contributed by atoms with Gasteiger partial charge in [0.05, 0.1) is 22.3 Å². The van der Waals surface area contributed by atoms with Crippen LogP contribution in [0.25, 0.3) is 10.9 Å². The highest BCUT2D eigenvalue weighted by atomic mass is 79.9. The van der Waals surface area contributed by atoms with Crippen molar-refractivity contribution in [1.82, 2.24) is 14.5 Å². The molecule has 6 nitrogen and oxygen atoms in total. The number of benzene rings is 1. The lowest BCUT2D eigenvalue weighted by Gasteiger charge is -2.40. The van der Waals surface area contributed by atoms with Crippen LogP contribution in [0.3, 0.4) is 0 Å². The third kappa shape index (κ3) is 5.35. The summed E-state index contributed by atoms with van der Waals surface area (Å²) < 4.78 is 7.95. The molecule has 1 fully saturated rings. The van der Waals surface area contributed by atoms with E-state index in [1.165, 1.54) is 0 Å². The van der Waals surface area contributed by atoms with Gasteiger partial charge in [-0.1, -0.05) is 18.5 Å². The van der Waals surface area contributed by atoms with E-state index >= 15 is 0 Å². The number of piperidine rings is 1. The maximum Gasteiger partial charge on any atom is 0.410 e. The van der Waals surface area contributed by atoms with E-state index in [0.29, 0.717) is 28.4 Å². The van der Waals surface area contributed by atoms with Gasteiger partial charge in [0, 0.05) is 23.6 Å². The molecule has 1 amide bonds. The number of halogens is 2. The first kappa shape index (κ1) is 23.1. The number of hydrogen-bond acceptors (Lipinski definition) is 4. The number of carbonyl (C=O) groups is 1. The lowest BCUT2D eigenvalue weighted by molar-refractivity contribution is -0.000162. The molecule has 1 aromatic carbocycles. The Morgan fingerprint density at radius 3 is 2.80 bits per heavy atom. The second kappa shape index (κ2) is 9.27. The highest BCUT2D eigenvalue weighted by Gasteiger charge is 2.34. The Kier molecular flexibility index (Phi) is 7.13. The Bertz CT molecular complexity index is 986. The molecule has 2 heterocycles. The van der Waals surface area contributed by atoms with Crippen molar-refractivity contribution in [3.05, 3.63) is 38.3 Å². The van der Waals surface area contributed by atoms with Crippen LogP contribution in [-0.4, -0.2) is 38.7 Å². The number of rotatable bonds is 4. The van der Waals surface area contributed by atoms with E-state index in [0.717, 1.165) is 36.7 Å². The van der Waals surface area contributed by atoms with Crippen LogP contribution < -0.4 is 5.56 Å². The van der Waals surface area contributed by atoms with Crippen LogP contribution in [0.4, 0.5) is 4.79 Å². The molecule has 30 heavy (non-hydrogen) atoms. The summed E-state index contributed by atoms with van der Waals surface area (Å²) in [6.07, 6.45) is 5.00. The molecule has 2 atom stereocenters. The number of carbonyl (C=O) groups excluding carboxylic acids is 1. The summed E-state index contributed by atoms with van der Waals surface area (Å²) in [6, 6.07) is 3.52. The fraction of sp³-hybridized carbons (Fsp3) is 0.591. The quantitative estimate of drug-likeness (QED) is 0.548.